The van der Waals surface area contributed by atoms with E-state index in [0.29, 0.717) is 4.21 Å². The molecule has 0 spiro atoms. The second kappa shape index (κ2) is 6.98. The highest BCUT2D eigenvalue weighted by Gasteiger charge is 2.16. The zero-order valence-corrected chi connectivity index (χ0v) is 14.8. The lowest BCUT2D eigenvalue weighted by Gasteiger charge is -2.27. The van der Waals surface area contributed by atoms with Gasteiger partial charge in [0.05, 0.1) is 0 Å². The standard InChI is InChI=1S/C16H21N3O2S2/c1-13-5-8-16(22-13)23(20,21)18-12-14-6-7-15(17-11-14)19-9-3-2-4-10-19/h5-8,11,18H,2-4,9-10,12H2,1H3. The molecule has 3 rings (SSSR count). The molecule has 1 fully saturated rings. The van der Waals surface area contributed by atoms with Gasteiger partial charge < -0.3 is 4.90 Å². The van der Waals surface area contributed by atoms with Gasteiger partial charge in [-0.1, -0.05) is 6.07 Å². The van der Waals surface area contributed by atoms with Crippen molar-refractivity contribution in [2.24, 2.45) is 0 Å². The van der Waals surface area contributed by atoms with Crippen molar-refractivity contribution in [2.45, 2.75) is 36.9 Å². The molecule has 1 N–H and O–H groups in total. The van der Waals surface area contributed by atoms with Gasteiger partial charge >= 0.3 is 0 Å². The normalized spacial score (nSPS) is 15.8. The Balaban J connectivity index is 1.62. The smallest absolute Gasteiger partial charge is 0.250 e. The molecule has 0 radical (unpaired) electrons. The zero-order valence-electron chi connectivity index (χ0n) is 13.2. The quantitative estimate of drug-likeness (QED) is 0.900. The van der Waals surface area contributed by atoms with Crippen molar-refractivity contribution >= 4 is 27.2 Å². The molecule has 1 aliphatic rings. The van der Waals surface area contributed by atoms with Crippen LogP contribution in [0.5, 0.6) is 0 Å². The van der Waals surface area contributed by atoms with Crippen LogP contribution in [0.1, 0.15) is 29.7 Å². The van der Waals surface area contributed by atoms with Gasteiger partial charge in [-0.3, -0.25) is 0 Å². The number of aromatic nitrogens is 1. The van der Waals surface area contributed by atoms with Crippen LogP contribution in [0.4, 0.5) is 5.82 Å². The van der Waals surface area contributed by atoms with E-state index in [-0.39, 0.29) is 6.54 Å². The van der Waals surface area contributed by atoms with Crippen molar-refractivity contribution in [3.05, 3.63) is 40.9 Å². The van der Waals surface area contributed by atoms with Crippen molar-refractivity contribution in [2.75, 3.05) is 18.0 Å². The predicted molar refractivity (Wildman–Crippen MR) is 93.4 cm³/mol. The number of aryl methyl sites for hydroxylation is 1. The SMILES string of the molecule is Cc1ccc(S(=O)(=O)NCc2ccc(N3CCCCC3)nc2)s1. The molecule has 0 saturated carbocycles. The summed E-state index contributed by atoms with van der Waals surface area (Å²) in [6.45, 7) is 4.26. The van der Waals surface area contributed by atoms with E-state index in [4.69, 9.17) is 0 Å². The second-order valence-corrected chi connectivity index (χ2v) is 9.04. The summed E-state index contributed by atoms with van der Waals surface area (Å²) in [5.41, 5.74) is 0.864. The van der Waals surface area contributed by atoms with Gasteiger partial charge in [0.2, 0.25) is 10.0 Å². The molecular formula is C16H21N3O2S2. The van der Waals surface area contributed by atoms with Crippen LogP contribution in [0.15, 0.2) is 34.7 Å². The minimum absolute atomic E-state index is 0.257. The Morgan fingerprint density at radius 1 is 1.17 bits per heavy atom. The van der Waals surface area contributed by atoms with E-state index in [1.807, 2.05) is 25.1 Å². The van der Waals surface area contributed by atoms with Gasteiger partial charge in [0, 0.05) is 30.7 Å². The highest BCUT2D eigenvalue weighted by atomic mass is 32.2. The molecule has 3 heterocycles. The summed E-state index contributed by atoms with van der Waals surface area (Å²) in [4.78, 5) is 7.74. The Kier molecular flexibility index (Phi) is 4.99. The number of hydrogen-bond acceptors (Lipinski definition) is 5. The van der Waals surface area contributed by atoms with Crippen LogP contribution >= 0.6 is 11.3 Å². The average molecular weight is 351 g/mol. The monoisotopic (exact) mass is 351 g/mol. The minimum Gasteiger partial charge on any atom is -0.357 e. The van der Waals surface area contributed by atoms with Crippen molar-refractivity contribution in [1.82, 2.24) is 9.71 Å². The van der Waals surface area contributed by atoms with Crippen LogP contribution < -0.4 is 9.62 Å². The Labute approximate surface area is 141 Å². The largest absolute Gasteiger partial charge is 0.357 e. The first-order valence-electron chi connectivity index (χ1n) is 7.80. The average Bonchev–Trinajstić information content (AvgIpc) is 3.02. The van der Waals surface area contributed by atoms with Crippen LogP contribution in [0, 0.1) is 6.92 Å². The number of pyridine rings is 1. The molecule has 0 aromatic carbocycles. The number of nitrogens with zero attached hydrogens (tertiary/aromatic N) is 2. The third-order valence-electron chi connectivity index (χ3n) is 3.94. The molecule has 0 amide bonds. The van der Waals surface area contributed by atoms with E-state index in [1.165, 1.54) is 30.6 Å². The number of piperidine rings is 1. The van der Waals surface area contributed by atoms with Gasteiger partial charge in [0.25, 0.3) is 0 Å². The van der Waals surface area contributed by atoms with Crippen LogP contribution in [0.2, 0.25) is 0 Å². The molecule has 23 heavy (non-hydrogen) atoms. The highest BCUT2D eigenvalue weighted by molar-refractivity contribution is 7.91. The summed E-state index contributed by atoms with van der Waals surface area (Å²) in [6, 6.07) is 7.37. The number of anilines is 1. The first kappa shape index (κ1) is 16.4. The number of rotatable bonds is 5. The van der Waals surface area contributed by atoms with Crippen molar-refractivity contribution in [1.29, 1.82) is 0 Å². The highest BCUT2D eigenvalue weighted by Crippen LogP contribution is 2.21. The number of nitrogens with one attached hydrogen (secondary N) is 1. The van der Waals surface area contributed by atoms with Crippen molar-refractivity contribution in [3.63, 3.8) is 0 Å². The van der Waals surface area contributed by atoms with E-state index in [9.17, 15) is 8.42 Å². The first-order chi connectivity index (χ1) is 11.0. The van der Waals surface area contributed by atoms with E-state index in [1.54, 1.807) is 12.3 Å². The van der Waals surface area contributed by atoms with E-state index in [2.05, 4.69) is 14.6 Å². The second-order valence-electron chi connectivity index (χ2n) is 5.76. The molecule has 1 saturated heterocycles. The van der Waals surface area contributed by atoms with Gasteiger partial charge in [0.1, 0.15) is 10.0 Å². The summed E-state index contributed by atoms with van der Waals surface area (Å²) in [6.07, 6.45) is 5.47. The summed E-state index contributed by atoms with van der Waals surface area (Å²) < 4.78 is 27.4. The van der Waals surface area contributed by atoms with E-state index < -0.39 is 10.0 Å². The molecule has 0 unspecified atom stereocenters. The minimum atomic E-state index is -3.44. The molecule has 1 aliphatic heterocycles. The topological polar surface area (TPSA) is 62.3 Å². The number of sulfonamides is 1. The van der Waals surface area contributed by atoms with Crippen LogP contribution in [0.25, 0.3) is 0 Å². The molecule has 7 heteroatoms. The molecular weight excluding hydrogens is 330 g/mol. The maximum absolute atomic E-state index is 12.2. The summed E-state index contributed by atoms with van der Waals surface area (Å²) in [7, 11) is -3.44. The molecule has 124 valence electrons. The Morgan fingerprint density at radius 3 is 2.57 bits per heavy atom. The Morgan fingerprint density at radius 2 is 1.96 bits per heavy atom. The van der Waals surface area contributed by atoms with Crippen LogP contribution in [-0.4, -0.2) is 26.5 Å². The van der Waals surface area contributed by atoms with Crippen molar-refractivity contribution in [3.8, 4) is 0 Å². The van der Waals surface area contributed by atoms with Crippen molar-refractivity contribution < 1.29 is 8.42 Å². The summed E-state index contributed by atoms with van der Waals surface area (Å²) >= 11 is 1.28. The lowest BCUT2D eigenvalue weighted by atomic mass is 10.1. The number of hydrogen-bond donors (Lipinski definition) is 1. The maximum Gasteiger partial charge on any atom is 0.250 e. The third-order valence-corrected chi connectivity index (χ3v) is 6.83. The third kappa shape index (κ3) is 4.10. The van der Waals surface area contributed by atoms with E-state index in [0.717, 1.165) is 29.3 Å². The Bertz CT molecular complexity index is 748. The Hall–Kier alpha value is -1.44. The zero-order chi connectivity index (χ0) is 16.3. The van der Waals surface area contributed by atoms with Gasteiger partial charge in [-0.15, -0.1) is 11.3 Å². The van der Waals surface area contributed by atoms with Gasteiger partial charge in [0.15, 0.2) is 0 Å². The lowest BCUT2D eigenvalue weighted by Crippen LogP contribution is -2.30. The fourth-order valence-electron chi connectivity index (χ4n) is 2.64. The predicted octanol–water partition coefficient (Wildman–Crippen LogP) is 2.92. The van der Waals surface area contributed by atoms with Gasteiger partial charge in [-0.2, -0.15) is 0 Å². The first-order valence-corrected chi connectivity index (χ1v) is 10.1. The molecule has 0 aliphatic carbocycles. The lowest BCUT2D eigenvalue weighted by molar-refractivity contribution is 0.573. The van der Waals surface area contributed by atoms with Gasteiger partial charge in [-0.05, 0) is 49.9 Å². The summed E-state index contributed by atoms with van der Waals surface area (Å²) in [5, 5.41) is 0. The van der Waals surface area contributed by atoms with Crippen LogP contribution in [0.3, 0.4) is 0 Å². The summed E-state index contributed by atoms with van der Waals surface area (Å²) in [5.74, 6) is 0.977. The maximum atomic E-state index is 12.2. The van der Waals surface area contributed by atoms with Crippen LogP contribution in [-0.2, 0) is 16.6 Å². The molecule has 5 nitrogen and oxygen atoms in total. The fourth-order valence-corrected chi connectivity index (χ4v) is 4.98. The molecule has 0 atom stereocenters. The van der Waals surface area contributed by atoms with Gasteiger partial charge in [-0.25, -0.2) is 18.1 Å². The number of thiophene rings is 1. The molecule has 0 bridgehead atoms. The molecule has 2 aromatic heterocycles. The van der Waals surface area contributed by atoms with E-state index >= 15 is 0 Å². The fraction of sp³-hybridized carbons (Fsp3) is 0.438. The molecule has 2 aromatic rings.